The number of pyridine rings is 1. The maximum Gasteiger partial charge on any atom is 0.304 e. The van der Waals surface area contributed by atoms with Crippen molar-refractivity contribution in [1.82, 2.24) is 9.29 Å². The van der Waals surface area contributed by atoms with Crippen molar-refractivity contribution >= 4 is 16.0 Å². The lowest BCUT2D eigenvalue weighted by Gasteiger charge is -2.22. The number of aryl methyl sites for hydroxylation is 1. The number of carbonyl (C=O) groups is 1. The molecule has 0 aromatic carbocycles. The Labute approximate surface area is 118 Å². The molecule has 1 N–H and O–H groups in total. The summed E-state index contributed by atoms with van der Waals surface area (Å²) in [6.45, 7) is 0.419. The predicted octanol–water partition coefficient (Wildman–Crippen LogP) is 0.893. The van der Waals surface area contributed by atoms with E-state index in [4.69, 9.17) is 5.11 Å². The molecule has 1 unspecified atom stereocenters. The molecule has 0 aliphatic carbocycles. The number of aromatic nitrogens is 1. The Morgan fingerprint density at radius 3 is 2.90 bits per heavy atom. The van der Waals surface area contributed by atoms with E-state index < -0.39 is 22.0 Å². The Morgan fingerprint density at radius 1 is 1.45 bits per heavy atom. The van der Waals surface area contributed by atoms with Crippen LogP contribution in [-0.2, 0) is 21.2 Å². The van der Waals surface area contributed by atoms with Gasteiger partial charge >= 0.3 is 5.97 Å². The molecule has 1 aromatic heterocycles. The number of aliphatic carboxylic acids is 1. The maximum absolute atomic E-state index is 12.3. The van der Waals surface area contributed by atoms with E-state index in [0.29, 0.717) is 19.4 Å². The van der Waals surface area contributed by atoms with Gasteiger partial charge in [0, 0.05) is 30.9 Å². The minimum Gasteiger partial charge on any atom is -0.481 e. The van der Waals surface area contributed by atoms with E-state index in [9.17, 15) is 13.2 Å². The molecule has 1 saturated heterocycles. The molecule has 1 aromatic rings. The van der Waals surface area contributed by atoms with Gasteiger partial charge in [-0.3, -0.25) is 9.78 Å². The number of carboxylic acids is 1. The quantitative estimate of drug-likeness (QED) is 0.843. The van der Waals surface area contributed by atoms with Crippen molar-refractivity contribution in [2.75, 3.05) is 12.3 Å². The number of hydrogen-bond acceptors (Lipinski definition) is 4. The Kier molecular flexibility index (Phi) is 4.72. The van der Waals surface area contributed by atoms with Crippen LogP contribution in [0.3, 0.4) is 0 Å². The van der Waals surface area contributed by atoms with Crippen molar-refractivity contribution in [3.05, 3.63) is 30.1 Å². The number of carboxylic acid groups (broad SMARTS) is 1. The first-order valence-corrected chi connectivity index (χ1v) is 8.21. The first-order valence-electron chi connectivity index (χ1n) is 6.60. The Hall–Kier alpha value is -1.47. The van der Waals surface area contributed by atoms with Gasteiger partial charge in [-0.1, -0.05) is 6.07 Å². The zero-order valence-electron chi connectivity index (χ0n) is 11.1. The molecular formula is C13H18N2O4S. The predicted molar refractivity (Wildman–Crippen MR) is 73.7 cm³/mol. The SMILES string of the molecule is O=C(O)CC1CCCN1S(=O)(=O)CCc1ccccn1. The highest BCUT2D eigenvalue weighted by Crippen LogP contribution is 2.24. The Morgan fingerprint density at radius 2 is 2.25 bits per heavy atom. The van der Waals surface area contributed by atoms with E-state index in [1.807, 2.05) is 6.07 Å². The summed E-state index contributed by atoms with van der Waals surface area (Å²) >= 11 is 0. The number of sulfonamides is 1. The number of hydrogen-bond donors (Lipinski definition) is 1. The molecular weight excluding hydrogens is 280 g/mol. The first kappa shape index (κ1) is 14.9. The van der Waals surface area contributed by atoms with Crippen LogP contribution >= 0.6 is 0 Å². The van der Waals surface area contributed by atoms with Gasteiger partial charge in [-0.2, -0.15) is 4.31 Å². The third-order valence-corrected chi connectivity index (χ3v) is 5.35. The number of rotatable bonds is 6. The fraction of sp³-hybridized carbons (Fsp3) is 0.538. The van der Waals surface area contributed by atoms with E-state index >= 15 is 0 Å². The van der Waals surface area contributed by atoms with Crippen LogP contribution in [-0.4, -0.2) is 47.1 Å². The van der Waals surface area contributed by atoms with Crippen LogP contribution in [0.2, 0.25) is 0 Å². The second-order valence-corrected chi connectivity index (χ2v) is 6.93. The monoisotopic (exact) mass is 298 g/mol. The van der Waals surface area contributed by atoms with Crippen LogP contribution < -0.4 is 0 Å². The van der Waals surface area contributed by atoms with Crippen molar-refractivity contribution in [2.24, 2.45) is 0 Å². The first-order chi connectivity index (χ1) is 9.49. The van der Waals surface area contributed by atoms with E-state index in [2.05, 4.69) is 4.98 Å². The van der Waals surface area contributed by atoms with Crippen LogP contribution in [0, 0.1) is 0 Å². The normalized spacial score (nSPS) is 20.1. The summed E-state index contributed by atoms with van der Waals surface area (Å²) in [5.74, 6) is -0.984. The van der Waals surface area contributed by atoms with E-state index in [1.54, 1.807) is 18.3 Å². The zero-order chi connectivity index (χ0) is 14.6. The molecule has 2 heterocycles. The van der Waals surface area contributed by atoms with Gasteiger partial charge in [0.2, 0.25) is 10.0 Å². The summed E-state index contributed by atoms with van der Waals surface area (Å²) in [5.41, 5.74) is 0.727. The third-order valence-electron chi connectivity index (χ3n) is 3.43. The molecule has 20 heavy (non-hydrogen) atoms. The highest BCUT2D eigenvalue weighted by Gasteiger charge is 2.34. The second-order valence-electron chi connectivity index (χ2n) is 4.89. The fourth-order valence-electron chi connectivity index (χ4n) is 2.48. The molecule has 0 bridgehead atoms. The van der Waals surface area contributed by atoms with E-state index in [1.165, 1.54) is 4.31 Å². The summed E-state index contributed by atoms with van der Waals surface area (Å²) in [6.07, 6.45) is 3.20. The molecule has 0 radical (unpaired) electrons. The van der Waals surface area contributed by atoms with Gasteiger partial charge in [-0.05, 0) is 25.0 Å². The van der Waals surface area contributed by atoms with Crippen molar-refractivity contribution < 1.29 is 18.3 Å². The van der Waals surface area contributed by atoms with Crippen LogP contribution in [0.4, 0.5) is 0 Å². The third kappa shape index (κ3) is 3.77. The molecule has 0 saturated carbocycles. The van der Waals surface area contributed by atoms with Crippen molar-refractivity contribution in [1.29, 1.82) is 0 Å². The summed E-state index contributed by atoms with van der Waals surface area (Å²) in [4.78, 5) is 14.9. The van der Waals surface area contributed by atoms with E-state index in [-0.39, 0.29) is 12.2 Å². The fourth-order valence-corrected chi connectivity index (χ4v) is 4.22. The Balaban J connectivity index is 2.00. The lowest BCUT2D eigenvalue weighted by atomic mass is 10.2. The van der Waals surface area contributed by atoms with Crippen LogP contribution in [0.5, 0.6) is 0 Å². The van der Waals surface area contributed by atoms with Gasteiger partial charge < -0.3 is 5.11 Å². The van der Waals surface area contributed by atoms with Crippen LogP contribution in [0.25, 0.3) is 0 Å². The molecule has 1 aliphatic rings. The molecule has 0 amide bonds. The zero-order valence-corrected chi connectivity index (χ0v) is 11.9. The molecule has 0 spiro atoms. The lowest BCUT2D eigenvalue weighted by Crippen LogP contribution is -2.38. The highest BCUT2D eigenvalue weighted by atomic mass is 32.2. The van der Waals surface area contributed by atoms with Gasteiger partial charge in [0.05, 0.1) is 12.2 Å². The van der Waals surface area contributed by atoms with E-state index in [0.717, 1.165) is 12.1 Å². The smallest absolute Gasteiger partial charge is 0.304 e. The van der Waals surface area contributed by atoms with Crippen LogP contribution in [0.15, 0.2) is 24.4 Å². The largest absolute Gasteiger partial charge is 0.481 e. The molecule has 110 valence electrons. The average Bonchev–Trinajstić information content (AvgIpc) is 2.86. The maximum atomic E-state index is 12.3. The van der Waals surface area contributed by atoms with Gasteiger partial charge in [0.15, 0.2) is 0 Å². The summed E-state index contributed by atoms with van der Waals surface area (Å²) in [6, 6.07) is 4.98. The molecule has 7 heteroatoms. The minimum atomic E-state index is -3.42. The lowest BCUT2D eigenvalue weighted by molar-refractivity contribution is -0.137. The molecule has 1 fully saturated rings. The minimum absolute atomic E-state index is 0.0276. The molecule has 1 atom stereocenters. The molecule has 2 rings (SSSR count). The summed E-state index contributed by atoms with van der Waals surface area (Å²) in [7, 11) is -3.42. The van der Waals surface area contributed by atoms with Crippen LogP contribution in [0.1, 0.15) is 25.0 Å². The summed E-state index contributed by atoms with van der Waals surface area (Å²) in [5, 5.41) is 8.83. The van der Waals surface area contributed by atoms with Crippen molar-refractivity contribution in [2.45, 2.75) is 31.7 Å². The molecule has 1 aliphatic heterocycles. The van der Waals surface area contributed by atoms with Gasteiger partial charge in [-0.25, -0.2) is 8.42 Å². The number of nitrogens with zero attached hydrogens (tertiary/aromatic N) is 2. The highest BCUT2D eigenvalue weighted by molar-refractivity contribution is 7.89. The van der Waals surface area contributed by atoms with Crippen molar-refractivity contribution in [3.8, 4) is 0 Å². The standard InChI is InChI=1S/C13H18N2O4S/c16-13(17)10-12-5-3-8-15(12)20(18,19)9-6-11-4-1-2-7-14-11/h1-2,4,7,12H,3,5-6,8-10H2,(H,16,17). The van der Waals surface area contributed by atoms with Gasteiger partial charge in [0.1, 0.15) is 0 Å². The van der Waals surface area contributed by atoms with Gasteiger partial charge in [0.25, 0.3) is 0 Å². The summed E-state index contributed by atoms with van der Waals surface area (Å²) < 4.78 is 26.0. The second kappa shape index (κ2) is 6.32. The average molecular weight is 298 g/mol. The van der Waals surface area contributed by atoms with Gasteiger partial charge in [-0.15, -0.1) is 0 Å². The molecule has 6 nitrogen and oxygen atoms in total. The topological polar surface area (TPSA) is 87.6 Å². The van der Waals surface area contributed by atoms with Crippen molar-refractivity contribution in [3.63, 3.8) is 0 Å². The Bertz CT molecular complexity index is 559.